The number of Topliss-reactive ketones (excluding diaryl/α,β-unsaturated/α-hetero) is 1. The number of H-pyrrole nitrogens is 1. The number of aromatic amines is 1. The summed E-state index contributed by atoms with van der Waals surface area (Å²) in [4.78, 5) is 23.7. The Bertz CT molecular complexity index is 1160. The molecule has 3 rings (SSSR count). The number of carbonyl (C=O) groups is 2. The van der Waals surface area contributed by atoms with E-state index in [0.29, 0.717) is 16.8 Å². The zero-order valence-electron chi connectivity index (χ0n) is 17.0. The predicted octanol–water partition coefficient (Wildman–Crippen LogP) is 2.82. The molecule has 0 unspecified atom stereocenters. The number of ketones is 1. The van der Waals surface area contributed by atoms with E-state index < -0.39 is 18.4 Å². The van der Waals surface area contributed by atoms with Crippen LogP contribution in [0, 0.1) is 11.3 Å². The topological polar surface area (TPSA) is 116 Å². The lowest BCUT2D eigenvalue weighted by molar-refractivity contribution is 0.0930. The fourth-order valence-electron chi connectivity index (χ4n) is 2.44. The van der Waals surface area contributed by atoms with E-state index in [4.69, 9.17) is 19.6 Å². The number of nitrogens with zero attached hydrogens (tertiary/aromatic N) is 4. The second-order valence-electron chi connectivity index (χ2n) is 6.00. The molecule has 1 amide bonds. The standard InChI is InChI=1S/C19H17ClN6O2/c1-11(22-19(28)18-8-17(12(2)27)23-24-18)10-26-6-5-16(25-26)13-3-4-14(9-21)15(20)7-13/h3-8,11H,10H2,1-2H3,(H,22,28)(H,23,24)/t11-/m0/s1/i10D2. The molecule has 0 saturated carbocycles. The Balaban J connectivity index is 1.77. The van der Waals surface area contributed by atoms with Crippen LogP contribution < -0.4 is 5.32 Å². The van der Waals surface area contributed by atoms with Crippen molar-refractivity contribution in [1.82, 2.24) is 25.3 Å². The van der Waals surface area contributed by atoms with Crippen LogP contribution >= 0.6 is 11.6 Å². The molecule has 0 aliphatic rings. The van der Waals surface area contributed by atoms with Crippen molar-refractivity contribution >= 4 is 23.3 Å². The maximum Gasteiger partial charge on any atom is 0.269 e. The lowest BCUT2D eigenvalue weighted by Gasteiger charge is -2.13. The summed E-state index contributed by atoms with van der Waals surface area (Å²) in [6.07, 6.45) is 1.45. The largest absolute Gasteiger partial charge is 0.346 e. The molecule has 0 aliphatic carbocycles. The summed E-state index contributed by atoms with van der Waals surface area (Å²) in [5, 5.41) is 22.3. The van der Waals surface area contributed by atoms with E-state index in [-0.39, 0.29) is 22.2 Å². The molecule has 9 heteroatoms. The fourth-order valence-corrected chi connectivity index (χ4v) is 2.66. The number of hydrogen-bond acceptors (Lipinski definition) is 5. The van der Waals surface area contributed by atoms with E-state index in [9.17, 15) is 9.59 Å². The molecule has 0 radical (unpaired) electrons. The van der Waals surface area contributed by atoms with Gasteiger partial charge in [0.1, 0.15) is 17.5 Å². The Morgan fingerprint density at radius 1 is 1.43 bits per heavy atom. The third kappa shape index (κ3) is 4.27. The van der Waals surface area contributed by atoms with Crippen molar-refractivity contribution < 1.29 is 12.3 Å². The Morgan fingerprint density at radius 3 is 2.86 bits per heavy atom. The summed E-state index contributed by atoms with van der Waals surface area (Å²) in [6, 6.07) is 8.74. The van der Waals surface area contributed by atoms with Crippen LogP contribution in [0.15, 0.2) is 36.5 Å². The number of amides is 1. The molecule has 28 heavy (non-hydrogen) atoms. The van der Waals surface area contributed by atoms with Crippen molar-refractivity contribution in [2.75, 3.05) is 0 Å². The van der Waals surface area contributed by atoms with Crippen molar-refractivity contribution in [1.29, 1.82) is 5.26 Å². The van der Waals surface area contributed by atoms with E-state index in [1.54, 1.807) is 24.3 Å². The van der Waals surface area contributed by atoms with Gasteiger partial charge >= 0.3 is 0 Å². The highest BCUT2D eigenvalue weighted by atomic mass is 35.5. The van der Waals surface area contributed by atoms with Crippen LogP contribution in [0.4, 0.5) is 0 Å². The highest BCUT2D eigenvalue weighted by molar-refractivity contribution is 6.32. The minimum Gasteiger partial charge on any atom is -0.346 e. The molecule has 1 aromatic carbocycles. The van der Waals surface area contributed by atoms with E-state index in [1.807, 2.05) is 6.07 Å². The summed E-state index contributed by atoms with van der Waals surface area (Å²) in [6.45, 7) is 0.767. The first-order valence-corrected chi connectivity index (χ1v) is 8.64. The van der Waals surface area contributed by atoms with Crippen LogP contribution in [0.5, 0.6) is 0 Å². The van der Waals surface area contributed by atoms with Crippen LogP contribution in [0.1, 0.15) is 43.1 Å². The van der Waals surface area contributed by atoms with Gasteiger partial charge in [0, 0.05) is 24.7 Å². The van der Waals surface area contributed by atoms with Crippen LogP contribution in [-0.2, 0) is 6.50 Å². The minimum absolute atomic E-state index is 0.0521. The van der Waals surface area contributed by atoms with E-state index in [1.165, 1.54) is 26.1 Å². The van der Waals surface area contributed by atoms with Crippen molar-refractivity contribution in [2.24, 2.45) is 0 Å². The van der Waals surface area contributed by atoms with Gasteiger partial charge in [-0.2, -0.15) is 15.5 Å². The predicted molar refractivity (Wildman–Crippen MR) is 103 cm³/mol. The van der Waals surface area contributed by atoms with Crippen LogP contribution in [-0.4, -0.2) is 37.7 Å². The maximum absolute atomic E-state index is 12.4. The third-order valence-electron chi connectivity index (χ3n) is 3.83. The van der Waals surface area contributed by atoms with E-state index in [0.717, 1.165) is 4.68 Å². The van der Waals surface area contributed by atoms with Crippen LogP contribution in [0.25, 0.3) is 11.3 Å². The van der Waals surface area contributed by atoms with Crippen molar-refractivity contribution in [2.45, 2.75) is 26.4 Å². The number of carbonyl (C=O) groups excluding carboxylic acids is 2. The van der Waals surface area contributed by atoms with E-state index >= 15 is 0 Å². The molecule has 1 atom stereocenters. The first kappa shape index (κ1) is 16.7. The molecule has 0 bridgehead atoms. The van der Waals surface area contributed by atoms with Gasteiger partial charge in [-0.3, -0.25) is 19.4 Å². The fraction of sp³-hybridized carbons (Fsp3) is 0.211. The number of hydrogen-bond donors (Lipinski definition) is 2. The Kier molecular flexibility index (Phi) is 4.81. The minimum atomic E-state index is -2.06. The average molecular weight is 399 g/mol. The summed E-state index contributed by atoms with van der Waals surface area (Å²) in [5.74, 6) is -0.890. The summed E-state index contributed by atoms with van der Waals surface area (Å²) < 4.78 is 17.9. The van der Waals surface area contributed by atoms with Gasteiger partial charge in [0.15, 0.2) is 5.78 Å². The molecule has 2 heterocycles. The van der Waals surface area contributed by atoms with Gasteiger partial charge in [-0.05, 0) is 31.2 Å². The normalized spacial score (nSPS) is 13.2. The summed E-state index contributed by atoms with van der Waals surface area (Å²) in [7, 11) is 0. The molecule has 2 N–H and O–H groups in total. The van der Waals surface area contributed by atoms with Crippen molar-refractivity contribution in [3.8, 4) is 17.3 Å². The lowest BCUT2D eigenvalue weighted by atomic mass is 10.1. The van der Waals surface area contributed by atoms with Crippen molar-refractivity contribution in [3.63, 3.8) is 0 Å². The number of rotatable bonds is 6. The number of benzene rings is 1. The van der Waals surface area contributed by atoms with Gasteiger partial charge in [-0.15, -0.1) is 0 Å². The van der Waals surface area contributed by atoms with Crippen LogP contribution in [0.2, 0.25) is 5.02 Å². The van der Waals surface area contributed by atoms with E-state index in [2.05, 4.69) is 20.6 Å². The molecular weight excluding hydrogens is 380 g/mol. The molecule has 0 fully saturated rings. The Morgan fingerprint density at radius 2 is 2.21 bits per heavy atom. The third-order valence-corrected chi connectivity index (χ3v) is 4.14. The first-order valence-electron chi connectivity index (χ1n) is 9.27. The molecule has 3 aromatic rings. The van der Waals surface area contributed by atoms with Gasteiger partial charge < -0.3 is 5.32 Å². The number of aromatic nitrogens is 4. The first-order chi connectivity index (χ1) is 14.1. The van der Waals surface area contributed by atoms with Gasteiger partial charge in [0.2, 0.25) is 0 Å². The van der Waals surface area contributed by atoms with Crippen LogP contribution in [0.3, 0.4) is 0 Å². The molecule has 0 aliphatic heterocycles. The van der Waals surface area contributed by atoms with Gasteiger partial charge in [-0.25, -0.2) is 0 Å². The zero-order chi connectivity index (χ0) is 22.1. The monoisotopic (exact) mass is 398 g/mol. The highest BCUT2D eigenvalue weighted by Crippen LogP contribution is 2.24. The molecule has 0 saturated heterocycles. The average Bonchev–Trinajstić information content (AvgIpc) is 3.38. The van der Waals surface area contributed by atoms with Gasteiger partial charge in [0.05, 0.1) is 25.5 Å². The second kappa shape index (κ2) is 8.06. The Labute approximate surface area is 168 Å². The van der Waals surface area contributed by atoms with Gasteiger partial charge in [-0.1, -0.05) is 17.7 Å². The molecule has 2 aromatic heterocycles. The molecule has 142 valence electrons. The van der Waals surface area contributed by atoms with Gasteiger partial charge in [0.25, 0.3) is 5.91 Å². The van der Waals surface area contributed by atoms with Crippen molar-refractivity contribution in [3.05, 3.63) is 58.5 Å². The summed E-state index contributed by atoms with van der Waals surface area (Å²) in [5.41, 5.74) is 1.59. The number of nitriles is 1. The summed E-state index contributed by atoms with van der Waals surface area (Å²) >= 11 is 6.06. The maximum atomic E-state index is 12.4. The zero-order valence-corrected chi connectivity index (χ0v) is 15.8. The number of halogens is 1. The molecule has 0 spiro atoms. The SMILES string of the molecule is [2H]C([2H])([C@H](C)NC(=O)c1cc(C(C)=O)n[nH]1)n1ccc(-c2ccc(C#N)c(Cl)c2)n1. The molecule has 8 nitrogen and oxygen atoms in total. The number of nitrogens with one attached hydrogen (secondary N) is 2. The molecular formula is C19H17ClN6O2. The quantitative estimate of drug-likeness (QED) is 0.619. The lowest BCUT2D eigenvalue weighted by Crippen LogP contribution is -2.36. The Hall–Kier alpha value is -3.44. The smallest absolute Gasteiger partial charge is 0.269 e. The highest BCUT2D eigenvalue weighted by Gasteiger charge is 2.15. The second-order valence-corrected chi connectivity index (χ2v) is 6.41.